The van der Waals surface area contributed by atoms with Crippen molar-refractivity contribution in [1.29, 1.82) is 0 Å². The van der Waals surface area contributed by atoms with Crippen molar-refractivity contribution in [2.75, 3.05) is 30.4 Å². The molecule has 39 heavy (non-hydrogen) atoms. The van der Waals surface area contributed by atoms with Crippen LogP contribution in [0, 0.1) is 0 Å². The lowest BCUT2D eigenvalue weighted by Gasteiger charge is -2.21. The molecule has 2 heterocycles. The van der Waals surface area contributed by atoms with Gasteiger partial charge in [0.2, 0.25) is 0 Å². The lowest BCUT2D eigenvalue weighted by Crippen LogP contribution is -2.27. The first-order valence-electron chi connectivity index (χ1n) is 12.7. The summed E-state index contributed by atoms with van der Waals surface area (Å²) in [5, 5.41) is 8.21. The zero-order valence-corrected chi connectivity index (χ0v) is 24.3. The molecule has 14 heteroatoms. The molecule has 3 N–H and O–H groups in total. The predicted molar refractivity (Wildman–Crippen MR) is 145 cm³/mol. The van der Waals surface area contributed by atoms with Crippen LogP contribution >= 0.6 is 7.82 Å². The van der Waals surface area contributed by atoms with Crippen molar-refractivity contribution < 1.29 is 37.6 Å². The summed E-state index contributed by atoms with van der Waals surface area (Å²) in [5.41, 5.74) is 0.882. The Bertz CT molecular complexity index is 1180. The summed E-state index contributed by atoms with van der Waals surface area (Å²) in [6.45, 7) is 7.39. The van der Waals surface area contributed by atoms with Crippen LogP contribution in [0.2, 0.25) is 0 Å². The van der Waals surface area contributed by atoms with E-state index in [2.05, 4.69) is 20.5 Å². The molecule has 1 atom stereocenters. The number of aromatic nitrogens is 2. The van der Waals surface area contributed by atoms with E-state index in [1.165, 1.54) is 6.07 Å². The Labute approximate surface area is 228 Å². The third-order valence-corrected chi connectivity index (χ3v) is 6.34. The van der Waals surface area contributed by atoms with E-state index >= 15 is 0 Å². The van der Waals surface area contributed by atoms with Gasteiger partial charge in [0.15, 0.2) is 0 Å². The summed E-state index contributed by atoms with van der Waals surface area (Å²) in [4.78, 5) is 48.7. The van der Waals surface area contributed by atoms with Crippen LogP contribution in [0.1, 0.15) is 74.4 Å². The van der Waals surface area contributed by atoms with E-state index in [0.29, 0.717) is 42.1 Å². The van der Waals surface area contributed by atoms with Crippen LogP contribution in [0.25, 0.3) is 0 Å². The van der Waals surface area contributed by atoms with E-state index in [-0.39, 0.29) is 19.1 Å². The number of anilines is 2. The highest BCUT2D eigenvalue weighted by molar-refractivity contribution is 7.45. The molecule has 2 aromatic rings. The number of nitrogens with zero attached hydrogens (tertiary/aromatic N) is 2. The highest BCUT2D eigenvalue weighted by atomic mass is 31.2. The minimum Gasteiger partial charge on any atom is -0.756 e. The van der Waals surface area contributed by atoms with E-state index in [0.717, 1.165) is 12.8 Å². The van der Waals surface area contributed by atoms with E-state index in [1.54, 1.807) is 69.4 Å². The third kappa shape index (κ3) is 11.3. The molecule has 2 rings (SSSR count). The zero-order valence-electron chi connectivity index (χ0n) is 23.4. The van der Waals surface area contributed by atoms with Crippen LogP contribution in [0.5, 0.6) is 0 Å². The Kier molecular flexibility index (Phi) is 11.8. The van der Waals surface area contributed by atoms with Gasteiger partial charge in [-0.05, 0) is 52.7 Å². The molecule has 0 aromatic carbocycles. The molecule has 13 nitrogen and oxygen atoms in total. The van der Waals surface area contributed by atoms with Gasteiger partial charge in [-0.15, -0.1) is 0 Å². The first kappa shape index (κ1) is 32.1. The standard InChI is InChI=1S/C25H40N5O8P/c1-7-36-39(34,35)37-13-11-9-8-10-12-26-22(31)20-14-18(16-29(20)5)27-23(32)21-15-19(17-30(21)6)28-24(33)38-25(2,3)4/h14-17H,7-13H2,1-6H3,(H,26,31)(H,27,32)(H,28,33)(H,34,35)/p-1. The maximum Gasteiger partial charge on any atom is 0.412 e. The molecule has 0 saturated carbocycles. The Morgan fingerprint density at radius 1 is 0.897 bits per heavy atom. The van der Waals surface area contributed by atoms with Crippen LogP contribution in [-0.4, -0.2) is 52.4 Å². The third-order valence-electron chi connectivity index (χ3n) is 5.27. The quantitative estimate of drug-likeness (QED) is 0.229. The number of hydrogen-bond donors (Lipinski definition) is 3. The van der Waals surface area contributed by atoms with E-state index in [9.17, 15) is 23.8 Å². The molecule has 0 bridgehead atoms. The van der Waals surface area contributed by atoms with Crippen LogP contribution in [-0.2, 0) is 32.4 Å². The molecule has 218 valence electrons. The van der Waals surface area contributed by atoms with Crippen molar-refractivity contribution in [3.63, 3.8) is 0 Å². The number of hydrogen-bond acceptors (Lipinski definition) is 8. The topological polar surface area (TPSA) is 165 Å². The van der Waals surface area contributed by atoms with Crippen LogP contribution in [0.3, 0.4) is 0 Å². The molecule has 0 spiro atoms. The summed E-state index contributed by atoms with van der Waals surface area (Å²) >= 11 is 0. The van der Waals surface area contributed by atoms with Gasteiger partial charge in [0, 0.05) is 33.0 Å². The number of unbranched alkanes of at least 4 members (excludes halogenated alkanes) is 3. The molecule has 3 amide bonds. The van der Waals surface area contributed by atoms with Crippen molar-refractivity contribution in [3.8, 4) is 0 Å². The predicted octanol–water partition coefficient (Wildman–Crippen LogP) is 3.77. The monoisotopic (exact) mass is 568 g/mol. The molecule has 1 unspecified atom stereocenters. The molecule has 0 aliphatic rings. The SMILES string of the molecule is CCOP(=O)([O-])OCCCCCCNC(=O)c1cc(NC(=O)c2cc(NC(=O)OC(C)(C)C)cn2C)cn1C. The second-order valence-corrected chi connectivity index (χ2v) is 11.3. The van der Waals surface area contributed by atoms with E-state index in [1.807, 2.05) is 0 Å². The lowest BCUT2D eigenvalue weighted by atomic mass is 10.2. The minimum absolute atomic E-state index is 0.0400. The first-order chi connectivity index (χ1) is 18.2. The summed E-state index contributed by atoms with van der Waals surface area (Å²) in [6.07, 6.45) is 5.42. The second-order valence-electron chi connectivity index (χ2n) is 9.90. The number of carbonyl (C=O) groups excluding carboxylic acids is 3. The molecule has 0 saturated heterocycles. The van der Waals surface area contributed by atoms with E-state index < -0.39 is 25.4 Å². The largest absolute Gasteiger partial charge is 0.756 e. The minimum atomic E-state index is -4.20. The van der Waals surface area contributed by atoms with Gasteiger partial charge in [-0.2, -0.15) is 0 Å². The van der Waals surface area contributed by atoms with Gasteiger partial charge in [0.05, 0.1) is 24.6 Å². The van der Waals surface area contributed by atoms with Crippen molar-refractivity contribution in [2.45, 2.75) is 59.0 Å². The number of carbonyl (C=O) groups is 3. The normalized spacial score (nSPS) is 13.0. The number of phosphoric acid groups is 1. The maximum atomic E-state index is 12.8. The van der Waals surface area contributed by atoms with E-state index in [4.69, 9.17) is 9.26 Å². The highest BCUT2D eigenvalue weighted by Gasteiger charge is 2.19. The van der Waals surface area contributed by atoms with Gasteiger partial charge in [0.1, 0.15) is 17.0 Å². The number of rotatable bonds is 14. The van der Waals surface area contributed by atoms with Gasteiger partial charge in [0.25, 0.3) is 19.6 Å². The summed E-state index contributed by atoms with van der Waals surface area (Å²) in [5.74, 6) is -0.695. The number of amides is 3. The molecule has 0 radical (unpaired) electrons. The first-order valence-corrected chi connectivity index (χ1v) is 14.2. The van der Waals surface area contributed by atoms with Gasteiger partial charge in [-0.3, -0.25) is 19.5 Å². The Balaban J connectivity index is 1.79. The van der Waals surface area contributed by atoms with Gasteiger partial charge < -0.3 is 38.4 Å². The van der Waals surface area contributed by atoms with Crippen LogP contribution < -0.4 is 20.8 Å². The average Bonchev–Trinajstić information content (AvgIpc) is 3.35. The molecule has 0 aliphatic heterocycles. The smallest absolute Gasteiger partial charge is 0.412 e. The van der Waals surface area contributed by atoms with Gasteiger partial charge in [-0.25, -0.2) is 4.79 Å². The number of ether oxygens (including phenoxy) is 1. The van der Waals surface area contributed by atoms with Crippen molar-refractivity contribution >= 4 is 37.1 Å². The van der Waals surface area contributed by atoms with Crippen LogP contribution in [0.4, 0.5) is 16.2 Å². The fraction of sp³-hybridized carbons (Fsp3) is 0.560. The fourth-order valence-corrected chi connectivity index (χ4v) is 4.32. The van der Waals surface area contributed by atoms with Crippen LogP contribution in [0.15, 0.2) is 24.5 Å². The molecule has 2 aromatic heterocycles. The van der Waals surface area contributed by atoms with Gasteiger partial charge >= 0.3 is 6.09 Å². The number of nitrogens with one attached hydrogen (secondary N) is 3. The Morgan fingerprint density at radius 2 is 1.46 bits per heavy atom. The van der Waals surface area contributed by atoms with Crippen molar-refractivity contribution in [2.24, 2.45) is 14.1 Å². The zero-order chi connectivity index (χ0) is 29.2. The second kappa shape index (κ2) is 14.3. The number of phosphoric ester groups is 1. The molecule has 0 aliphatic carbocycles. The summed E-state index contributed by atoms with van der Waals surface area (Å²) in [6, 6.07) is 3.10. The molecular weight excluding hydrogens is 529 g/mol. The van der Waals surface area contributed by atoms with Crippen molar-refractivity contribution in [3.05, 3.63) is 35.9 Å². The Hall–Kier alpha value is -3.12. The number of aryl methyl sites for hydroxylation is 2. The fourth-order valence-electron chi connectivity index (χ4n) is 3.58. The Morgan fingerprint density at radius 3 is 2.05 bits per heavy atom. The summed E-state index contributed by atoms with van der Waals surface area (Å²) in [7, 11) is -0.823. The maximum absolute atomic E-state index is 12.8. The molecular formula is C25H39N5O8P-. The molecule has 0 fully saturated rings. The summed E-state index contributed by atoms with van der Waals surface area (Å²) < 4.78 is 29.0. The van der Waals surface area contributed by atoms with Gasteiger partial charge in [-0.1, -0.05) is 12.8 Å². The van der Waals surface area contributed by atoms with Crippen molar-refractivity contribution in [1.82, 2.24) is 14.5 Å². The highest BCUT2D eigenvalue weighted by Crippen LogP contribution is 2.38. The average molecular weight is 569 g/mol. The lowest BCUT2D eigenvalue weighted by molar-refractivity contribution is -0.225.